The molecule has 0 saturated carbocycles. The number of alkyl halides is 4. The molecular weight excluding hydrogens is 241 g/mol. The van der Waals surface area contributed by atoms with Crippen molar-refractivity contribution in [3.05, 3.63) is 34.9 Å². The van der Waals surface area contributed by atoms with Crippen molar-refractivity contribution in [3.63, 3.8) is 0 Å². The molecule has 0 spiro atoms. The molecule has 0 aromatic heterocycles. The quantitative estimate of drug-likeness (QED) is 0.594. The molecule has 1 rings (SSSR count). The van der Waals surface area contributed by atoms with Crippen molar-refractivity contribution in [2.75, 3.05) is 0 Å². The number of carbonyl (C=O) groups excluding carboxylic acids is 1. The molecule has 16 heavy (non-hydrogen) atoms. The van der Waals surface area contributed by atoms with Gasteiger partial charge in [-0.2, -0.15) is 13.2 Å². The monoisotopic (exact) mass is 250 g/mol. The molecule has 0 aliphatic rings. The van der Waals surface area contributed by atoms with Gasteiger partial charge in [0.05, 0.1) is 10.9 Å². The van der Waals surface area contributed by atoms with Crippen LogP contribution in [0.1, 0.15) is 16.7 Å². The summed E-state index contributed by atoms with van der Waals surface area (Å²) in [6, 6.07) is 3.43. The molecule has 0 N–H and O–H groups in total. The maximum absolute atomic E-state index is 12.4. The summed E-state index contributed by atoms with van der Waals surface area (Å²) in [5.41, 5.74) is 0.422. The van der Waals surface area contributed by atoms with Crippen molar-refractivity contribution >= 4 is 17.9 Å². The Hall–Kier alpha value is -1.03. The fraction of sp³-hybridized carbons (Fsp3) is 0.364. The standard InChI is InChI=1S/C11H10ClF3O/c1-7-2-3-9(11(13,14)15)4-8(7)5-10(12)6-16/h2-4,6,10H,5H2,1H3. The first-order chi connectivity index (χ1) is 7.34. The van der Waals surface area contributed by atoms with Gasteiger partial charge in [-0.25, -0.2) is 0 Å². The highest BCUT2D eigenvalue weighted by Crippen LogP contribution is 2.30. The highest BCUT2D eigenvalue weighted by molar-refractivity contribution is 6.27. The zero-order valence-corrected chi connectivity index (χ0v) is 9.27. The van der Waals surface area contributed by atoms with Crippen LogP contribution in [-0.2, 0) is 17.4 Å². The highest BCUT2D eigenvalue weighted by Gasteiger charge is 2.30. The summed E-state index contributed by atoms with van der Waals surface area (Å²) in [7, 11) is 0. The van der Waals surface area contributed by atoms with Crippen LogP contribution in [-0.4, -0.2) is 11.7 Å². The van der Waals surface area contributed by atoms with E-state index in [2.05, 4.69) is 0 Å². The Morgan fingerprint density at radius 2 is 2.06 bits per heavy atom. The molecule has 0 aliphatic carbocycles. The zero-order chi connectivity index (χ0) is 12.3. The summed E-state index contributed by atoms with van der Waals surface area (Å²) in [6.07, 6.45) is -3.74. The minimum absolute atomic E-state index is 0.112. The molecular formula is C11H10ClF3O. The second kappa shape index (κ2) is 4.87. The number of aldehydes is 1. The molecule has 1 unspecified atom stereocenters. The van der Waals surface area contributed by atoms with Crippen LogP contribution in [0.25, 0.3) is 0 Å². The van der Waals surface area contributed by atoms with Crippen LogP contribution < -0.4 is 0 Å². The van der Waals surface area contributed by atoms with E-state index < -0.39 is 17.1 Å². The average Bonchev–Trinajstić information content (AvgIpc) is 2.19. The van der Waals surface area contributed by atoms with Crippen LogP contribution in [0.4, 0.5) is 13.2 Å². The van der Waals surface area contributed by atoms with Gasteiger partial charge in [0, 0.05) is 0 Å². The summed E-state index contributed by atoms with van der Waals surface area (Å²) in [5.74, 6) is 0. The molecule has 0 amide bonds. The molecule has 0 aliphatic heterocycles. The summed E-state index contributed by atoms with van der Waals surface area (Å²) in [6.45, 7) is 1.68. The van der Waals surface area contributed by atoms with E-state index in [0.717, 1.165) is 12.1 Å². The summed E-state index contributed by atoms with van der Waals surface area (Å²) in [5, 5.41) is -0.790. The Balaban J connectivity index is 3.04. The summed E-state index contributed by atoms with van der Waals surface area (Å²) >= 11 is 5.59. The molecule has 0 bridgehead atoms. The first-order valence-electron chi connectivity index (χ1n) is 4.60. The van der Waals surface area contributed by atoms with Gasteiger partial charge in [-0.1, -0.05) is 6.07 Å². The fourth-order valence-electron chi connectivity index (χ4n) is 1.33. The lowest BCUT2D eigenvalue weighted by Gasteiger charge is -2.11. The number of hydrogen-bond donors (Lipinski definition) is 0. The molecule has 1 aromatic rings. The van der Waals surface area contributed by atoms with E-state index in [4.69, 9.17) is 11.6 Å². The van der Waals surface area contributed by atoms with Gasteiger partial charge >= 0.3 is 6.18 Å². The third kappa shape index (κ3) is 3.23. The third-order valence-corrected chi connectivity index (χ3v) is 2.50. The van der Waals surface area contributed by atoms with E-state index in [9.17, 15) is 18.0 Å². The Kier molecular flexibility index (Phi) is 3.97. The molecule has 0 saturated heterocycles. The van der Waals surface area contributed by atoms with E-state index >= 15 is 0 Å². The second-order valence-corrected chi connectivity index (χ2v) is 4.06. The Morgan fingerprint density at radius 1 is 1.44 bits per heavy atom. The minimum atomic E-state index is -4.37. The Labute approximate surface area is 96.2 Å². The molecule has 5 heteroatoms. The first-order valence-corrected chi connectivity index (χ1v) is 5.04. The molecule has 0 heterocycles. The predicted molar refractivity (Wildman–Crippen MR) is 55.6 cm³/mol. The maximum Gasteiger partial charge on any atom is 0.416 e. The van der Waals surface area contributed by atoms with Crippen molar-refractivity contribution < 1.29 is 18.0 Å². The average molecular weight is 251 g/mol. The van der Waals surface area contributed by atoms with E-state index in [-0.39, 0.29) is 6.42 Å². The van der Waals surface area contributed by atoms with Crippen molar-refractivity contribution in [2.24, 2.45) is 0 Å². The first kappa shape index (κ1) is 13.0. The van der Waals surface area contributed by atoms with Crippen LogP contribution in [0.3, 0.4) is 0 Å². The summed E-state index contributed by atoms with van der Waals surface area (Å²) in [4.78, 5) is 10.3. The van der Waals surface area contributed by atoms with E-state index in [1.807, 2.05) is 0 Å². The van der Waals surface area contributed by atoms with Gasteiger partial charge in [-0.05, 0) is 36.6 Å². The van der Waals surface area contributed by atoms with Crippen molar-refractivity contribution in [2.45, 2.75) is 24.9 Å². The molecule has 88 valence electrons. The van der Waals surface area contributed by atoms with Gasteiger partial charge in [0.2, 0.25) is 0 Å². The van der Waals surface area contributed by atoms with Gasteiger partial charge in [-0.15, -0.1) is 11.6 Å². The van der Waals surface area contributed by atoms with E-state index in [1.54, 1.807) is 6.92 Å². The number of benzene rings is 1. The SMILES string of the molecule is Cc1ccc(C(F)(F)F)cc1CC(Cl)C=O. The lowest BCUT2D eigenvalue weighted by molar-refractivity contribution is -0.137. The molecule has 0 fully saturated rings. The van der Waals surface area contributed by atoms with Crippen LogP contribution >= 0.6 is 11.6 Å². The Bertz CT molecular complexity index is 387. The van der Waals surface area contributed by atoms with Gasteiger partial charge in [-0.3, -0.25) is 0 Å². The van der Waals surface area contributed by atoms with Crippen LogP contribution in [0, 0.1) is 6.92 Å². The molecule has 1 atom stereocenters. The van der Waals surface area contributed by atoms with Gasteiger partial charge < -0.3 is 4.79 Å². The lowest BCUT2D eigenvalue weighted by atomic mass is 10.0. The van der Waals surface area contributed by atoms with Crippen LogP contribution in [0.5, 0.6) is 0 Å². The zero-order valence-electron chi connectivity index (χ0n) is 8.51. The van der Waals surface area contributed by atoms with Crippen LogP contribution in [0.2, 0.25) is 0 Å². The fourth-order valence-corrected chi connectivity index (χ4v) is 1.49. The maximum atomic E-state index is 12.4. The number of aryl methyl sites for hydroxylation is 1. The van der Waals surface area contributed by atoms with Gasteiger partial charge in [0.25, 0.3) is 0 Å². The van der Waals surface area contributed by atoms with Gasteiger partial charge in [0.1, 0.15) is 6.29 Å². The highest BCUT2D eigenvalue weighted by atomic mass is 35.5. The van der Waals surface area contributed by atoms with E-state index in [1.165, 1.54) is 6.07 Å². The number of rotatable bonds is 3. The number of carbonyl (C=O) groups is 1. The molecule has 0 radical (unpaired) electrons. The van der Waals surface area contributed by atoms with Gasteiger partial charge in [0.15, 0.2) is 0 Å². The largest absolute Gasteiger partial charge is 0.416 e. The topological polar surface area (TPSA) is 17.1 Å². The molecule has 1 aromatic carbocycles. The second-order valence-electron chi connectivity index (χ2n) is 3.50. The lowest BCUT2D eigenvalue weighted by Crippen LogP contribution is -2.09. The normalized spacial score (nSPS) is 13.6. The molecule has 1 nitrogen and oxygen atoms in total. The van der Waals surface area contributed by atoms with E-state index in [0.29, 0.717) is 17.4 Å². The number of halogens is 4. The predicted octanol–water partition coefficient (Wildman–Crippen LogP) is 3.36. The van der Waals surface area contributed by atoms with Crippen molar-refractivity contribution in [1.29, 1.82) is 0 Å². The minimum Gasteiger partial charge on any atom is -0.302 e. The van der Waals surface area contributed by atoms with Crippen LogP contribution in [0.15, 0.2) is 18.2 Å². The smallest absolute Gasteiger partial charge is 0.302 e. The third-order valence-electron chi connectivity index (χ3n) is 2.24. The Morgan fingerprint density at radius 3 is 2.56 bits per heavy atom. The number of hydrogen-bond acceptors (Lipinski definition) is 1. The summed E-state index contributed by atoms with van der Waals surface area (Å²) < 4.78 is 37.2. The van der Waals surface area contributed by atoms with Crippen molar-refractivity contribution in [3.8, 4) is 0 Å². The van der Waals surface area contributed by atoms with Crippen molar-refractivity contribution in [1.82, 2.24) is 0 Å².